The Kier molecular flexibility index (Phi) is 3.57. The number of benzene rings is 1. The van der Waals surface area contributed by atoms with E-state index in [2.05, 4.69) is 12.2 Å². The lowest BCUT2D eigenvalue weighted by Crippen LogP contribution is -2.49. The molecule has 17 heavy (non-hydrogen) atoms. The topological polar surface area (TPSA) is 41.5 Å². The Balaban J connectivity index is 1.99. The standard InChI is InChI=1S/C14H21NO2/c1-3-14(7-4-8-14)15-10-11-5-6-12(16)13(9-11)17-2/h5-6,9,15-16H,3-4,7-8,10H2,1-2H3. The molecule has 1 aromatic rings. The van der Waals surface area contributed by atoms with Gasteiger partial charge in [-0.2, -0.15) is 0 Å². The van der Waals surface area contributed by atoms with E-state index in [1.54, 1.807) is 13.2 Å². The first-order valence-corrected chi connectivity index (χ1v) is 6.30. The SMILES string of the molecule is CCC1(NCc2ccc(O)c(OC)c2)CCC1. The summed E-state index contributed by atoms with van der Waals surface area (Å²) < 4.78 is 5.11. The summed E-state index contributed by atoms with van der Waals surface area (Å²) in [7, 11) is 1.58. The Labute approximate surface area is 103 Å². The molecule has 1 aliphatic rings. The lowest BCUT2D eigenvalue weighted by atomic mass is 9.75. The van der Waals surface area contributed by atoms with Gasteiger partial charge in [-0.05, 0) is 43.4 Å². The van der Waals surface area contributed by atoms with Crippen LogP contribution in [0.25, 0.3) is 0 Å². The molecule has 0 amide bonds. The molecule has 0 aliphatic heterocycles. The summed E-state index contributed by atoms with van der Waals surface area (Å²) in [5, 5.41) is 13.2. The maximum absolute atomic E-state index is 9.52. The van der Waals surface area contributed by atoms with Gasteiger partial charge in [-0.1, -0.05) is 13.0 Å². The molecule has 0 spiro atoms. The third kappa shape index (κ3) is 2.55. The van der Waals surface area contributed by atoms with Crippen LogP contribution in [-0.4, -0.2) is 17.8 Å². The molecule has 0 radical (unpaired) electrons. The van der Waals surface area contributed by atoms with Crippen molar-refractivity contribution in [1.29, 1.82) is 0 Å². The highest BCUT2D eigenvalue weighted by atomic mass is 16.5. The van der Waals surface area contributed by atoms with E-state index in [1.807, 2.05) is 12.1 Å². The van der Waals surface area contributed by atoms with E-state index >= 15 is 0 Å². The Morgan fingerprint density at radius 3 is 2.71 bits per heavy atom. The van der Waals surface area contributed by atoms with Gasteiger partial charge in [0.15, 0.2) is 11.5 Å². The van der Waals surface area contributed by atoms with Gasteiger partial charge in [0, 0.05) is 12.1 Å². The molecule has 1 aliphatic carbocycles. The molecular weight excluding hydrogens is 214 g/mol. The molecule has 0 bridgehead atoms. The van der Waals surface area contributed by atoms with Gasteiger partial charge in [0.05, 0.1) is 7.11 Å². The van der Waals surface area contributed by atoms with Crippen LogP contribution in [0.5, 0.6) is 11.5 Å². The molecule has 94 valence electrons. The van der Waals surface area contributed by atoms with Crippen molar-refractivity contribution >= 4 is 0 Å². The summed E-state index contributed by atoms with van der Waals surface area (Å²) in [6.45, 7) is 3.08. The van der Waals surface area contributed by atoms with Crippen molar-refractivity contribution < 1.29 is 9.84 Å². The first kappa shape index (κ1) is 12.2. The highest BCUT2D eigenvalue weighted by Crippen LogP contribution is 2.35. The number of ether oxygens (including phenoxy) is 1. The molecular formula is C14H21NO2. The van der Waals surface area contributed by atoms with Crippen molar-refractivity contribution in [1.82, 2.24) is 5.32 Å². The van der Waals surface area contributed by atoms with Crippen molar-refractivity contribution in [3.63, 3.8) is 0 Å². The Morgan fingerprint density at radius 2 is 2.18 bits per heavy atom. The number of aromatic hydroxyl groups is 1. The van der Waals surface area contributed by atoms with Crippen LogP contribution in [0.4, 0.5) is 0 Å². The van der Waals surface area contributed by atoms with Crippen LogP contribution in [0.2, 0.25) is 0 Å². The second kappa shape index (κ2) is 4.96. The zero-order valence-electron chi connectivity index (χ0n) is 10.6. The van der Waals surface area contributed by atoms with Gasteiger partial charge < -0.3 is 15.2 Å². The smallest absolute Gasteiger partial charge is 0.160 e. The summed E-state index contributed by atoms with van der Waals surface area (Å²) >= 11 is 0. The largest absolute Gasteiger partial charge is 0.504 e. The molecule has 0 saturated heterocycles. The Morgan fingerprint density at radius 1 is 1.41 bits per heavy atom. The van der Waals surface area contributed by atoms with Crippen molar-refractivity contribution in [3.05, 3.63) is 23.8 Å². The van der Waals surface area contributed by atoms with E-state index in [0.717, 1.165) is 12.1 Å². The second-order valence-corrected chi connectivity index (χ2v) is 4.85. The molecule has 3 nitrogen and oxygen atoms in total. The van der Waals surface area contributed by atoms with E-state index in [-0.39, 0.29) is 5.75 Å². The molecule has 2 rings (SSSR count). The maximum atomic E-state index is 9.52. The fourth-order valence-electron chi connectivity index (χ4n) is 2.38. The van der Waals surface area contributed by atoms with E-state index in [9.17, 15) is 5.11 Å². The van der Waals surface area contributed by atoms with Gasteiger partial charge in [-0.25, -0.2) is 0 Å². The predicted molar refractivity (Wildman–Crippen MR) is 68.4 cm³/mol. The summed E-state index contributed by atoms with van der Waals surface area (Å²) in [6.07, 6.45) is 5.07. The third-order valence-corrected chi connectivity index (χ3v) is 3.90. The molecule has 2 N–H and O–H groups in total. The number of hydrogen-bond donors (Lipinski definition) is 2. The molecule has 1 saturated carbocycles. The van der Waals surface area contributed by atoms with Crippen molar-refractivity contribution in [2.24, 2.45) is 0 Å². The molecule has 0 atom stereocenters. The van der Waals surface area contributed by atoms with Gasteiger partial charge in [0.25, 0.3) is 0 Å². The van der Waals surface area contributed by atoms with Gasteiger partial charge in [-0.3, -0.25) is 0 Å². The van der Waals surface area contributed by atoms with Crippen LogP contribution in [-0.2, 0) is 6.54 Å². The zero-order valence-corrected chi connectivity index (χ0v) is 10.6. The summed E-state index contributed by atoms with van der Waals surface area (Å²) in [6, 6.07) is 5.52. The number of nitrogens with one attached hydrogen (secondary N) is 1. The molecule has 0 unspecified atom stereocenters. The fourth-order valence-corrected chi connectivity index (χ4v) is 2.38. The summed E-state index contributed by atoms with van der Waals surface area (Å²) in [5.41, 5.74) is 1.50. The van der Waals surface area contributed by atoms with E-state index in [1.165, 1.54) is 25.7 Å². The number of phenols is 1. The molecule has 1 fully saturated rings. The third-order valence-electron chi connectivity index (χ3n) is 3.90. The Bertz CT molecular complexity index is 380. The first-order chi connectivity index (χ1) is 8.19. The van der Waals surface area contributed by atoms with Gasteiger partial charge in [0.1, 0.15) is 0 Å². The Hall–Kier alpha value is -1.22. The lowest BCUT2D eigenvalue weighted by Gasteiger charge is -2.42. The molecule has 3 heteroatoms. The fraction of sp³-hybridized carbons (Fsp3) is 0.571. The molecule has 0 aromatic heterocycles. The number of methoxy groups -OCH3 is 1. The minimum absolute atomic E-state index is 0.199. The van der Waals surface area contributed by atoms with Gasteiger partial charge in [-0.15, -0.1) is 0 Å². The van der Waals surface area contributed by atoms with Crippen LogP contribution >= 0.6 is 0 Å². The van der Waals surface area contributed by atoms with Crippen LogP contribution in [0.3, 0.4) is 0 Å². The maximum Gasteiger partial charge on any atom is 0.160 e. The average Bonchev–Trinajstić information content (AvgIpc) is 2.30. The van der Waals surface area contributed by atoms with Crippen LogP contribution in [0.1, 0.15) is 38.2 Å². The van der Waals surface area contributed by atoms with Gasteiger partial charge >= 0.3 is 0 Å². The summed E-state index contributed by atoms with van der Waals surface area (Å²) in [5.74, 6) is 0.744. The highest BCUT2D eigenvalue weighted by Gasteiger charge is 2.34. The highest BCUT2D eigenvalue weighted by molar-refractivity contribution is 5.41. The number of phenolic OH excluding ortho intramolecular Hbond substituents is 1. The summed E-state index contributed by atoms with van der Waals surface area (Å²) in [4.78, 5) is 0. The van der Waals surface area contributed by atoms with Crippen molar-refractivity contribution in [2.45, 2.75) is 44.7 Å². The van der Waals surface area contributed by atoms with E-state index in [0.29, 0.717) is 11.3 Å². The zero-order chi connectivity index (χ0) is 12.3. The minimum Gasteiger partial charge on any atom is -0.504 e. The molecule has 0 heterocycles. The van der Waals surface area contributed by atoms with Crippen molar-refractivity contribution in [2.75, 3.05) is 7.11 Å². The average molecular weight is 235 g/mol. The monoisotopic (exact) mass is 235 g/mol. The van der Waals surface area contributed by atoms with Crippen molar-refractivity contribution in [3.8, 4) is 11.5 Å². The van der Waals surface area contributed by atoms with Crippen LogP contribution in [0.15, 0.2) is 18.2 Å². The lowest BCUT2D eigenvalue weighted by molar-refractivity contribution is 0.175. The van der Waals surface area contributed by atoms with Crippen LogP contribution < -0.4 is 10.1 Å². The van der Waals surface area contributed by atoms with Crippen LogP contribution in [0, 0.1) is 0 Å². The first-order valence-electron chi connectivity index (χ1n) is 6.30. The minimum atomic E-state index is 0.199. The second-order valence-electron chi connectivity index (χ2n) is 4.85. The molecule has 1 aromatic carbocycles. The van der Waals surface area contributed by atoms with E-state index in [4.69, 9.17) is 4.74 Å². The number of rotatable bonds is 5. The van der Waals surface area contributed by atoms with Gasteiger partial charge in [0.2, 0.25) is 0 Å². The normalized spacial score (nSPS) is 17.5. The van der Waals surface area contributed by atoms with E-state index < -0.39 is 0 Å². The number of hydrogen-bond acceptors (Lipinski definition) is 3. The predicted octanol–water partition coefficient (Wildman–Crippen LogP) is 2.82. The quantitative estimate of drug-likeness (QED) is 0.824.